The molecule has 0 fully saturated rings. The van der Waals surface area contributed by atoms with Gasteiger partial charge in [-0.05, 0) is 42.7 Å². The summed E-state index contributed by atoms with van der Waals surface area (Å²) in [7, 11) is 0. The van der Waals surface area contributed by atoms with Crippen LogP contribution in [0.1, 0.15) is 31.2 Å². The zero-order valence-corrected chi connectivity index (χ0v) is 17.9. The van der Waals surface area contributed by atoms with E-state index in [1.165, 1.54) is 12.1 Å². The number of carbonyl (C=O) groups excluding carboxylic acids is 2. The number of phenols is 1. The lowest BCUT2D eigenvalue weighted by atomic mass is 10.2. The van der Waals surface area contributed by atoms with Crippen molar-refractivity contribution < 1.29 is 24.6 Å². The van der Waals surface area contributed by atoms with Crippen LogP contribution in [-0.4, -0.2) is 33.4 Å². The first-order valence-corrected chi connectivity index (χ1v) is 10.3. The first-order valence-electron chi connectivity index (χ1n) is 9.55. The van der Waals surface area contributed by atoms with E-state index in [4.69, 9.17) is 21.9 Å². The van der Waals surface area contributed by atoms with Crippen LogP contribution in [0.15, 0.2) is 54.6 Å². The van der Waals surface area contributed by atoms with Crippen LogP contribution < -0.4 is 21.6 Å². The topological polar surface area (TPSA) is 163 Å². The molecule has 0 aliphatic carbocycles. The number of anilines is 1. The molecule has 0 bridgehead atoms. The van der Waals surface area contributed by atoms with Gasteiger partial charge in [-0.2, -0.15) is 0 Å². The molecule has 0 saturated heterocycles. The van der Waals surface area contributed by atoms with E-state index in [1.54, 1.807) is 12.1 Å². The van der Waals surface area contributed by atoms with Crippen molar-refractivity contribution in [1.29, 1.82) is 0 Å². The van der Waals surface area contributed by atoms with Crippen molar-refractivity contribution in [1.82, 2.24) is 9.30 Å². The summed E-state index contributed by atoms with van der Waals surface area (Å²) < 4.78 is 7.93. The van der Waals surface area contributed by atoms with E-state index in [1.807, 2.05) is 30.3 Å². The molecule has 31 heavy (non-hydrogen) atoms. The molecule has 0 atom stereocenters. The average Bonchev–Trinajstić information content (AvgIpc) is 2.74. The maximum Gasteiger partial charge on any atom is 0.404 e. The summed E-state index contributed by atoms with van der Waals surface area (Å²) in [5.41, 5.74) is 6.39. The normalized spacial score (nSPS) is 10.2. The maximum atomic E-state index is 11.6. The fourth-order valence-corrected chi connectivity index (χ4v) is 2.64. The van der Waals surface area contributed by atoms with Gasteiger partial charge in [-0.1, -0.05) is 41.3 Å². The summed E-state index contributed by atoms with van der Waals surface area (Å²) in [5.74, 6) is 5.11. The van der Waals surface area contributed by atoms with Gasteiger partial charge in [0.2, 0.25) is 5.91 Å². The van der Waals surface area contributed by atoms with Crippen LogP contribution >= 0.6 is 12.1 Å². The number of primary amides is 1. The van der Waals surface area contributed by atoms with E-state index >= 15 is 0 Å². The highest BCUT2D eigenvalue weighted by Crippen LogP contribution is 2.14. The van der Waals surface area contributed by atoms with E-state index in [-0.39, 0.29) is 18.3 Å². The summed E-state index contributed by atoms with van der Waals surface area (Å²) in [6.45, 7) is 0.953. The minimum Gasteiger partial charge on any atom is -0.508 e. The Kier molecular flexibility index (Phi) is 13.5. The Labute approximate surface area is 185 Å². The van der Waals surface area contributed by atoms with Crippen molar-refractivity contribution >= 4 is 29.8 Å². The largest absolute Gasteiger partial charge is 0.508 e. The van der Waals surface area contributed by atoms with Gasteiger partial charge in [-0.15, -0.1) is 0 Å². The van der Waals surface area contributed by atoms with Crippen molar-refractivity contribution in [3.63, 3.8) is 0 Å². The Morgan fingerprint density at radius 2 is 1.71 bits per heavy atom. The maximum absolute atomic E-state index is 11.6. The summed E-state index contributed by atoms with van der Waals surface area (Å²) in [5, 5.41) is 20.5. The van der Waals surface area contributed by atoms with Crippen LogP contribution in [0.25, 0.3) is 0 Å². The van der Waals surface area contributed by atoms with Gasteiger partial charge in [0.05, 0.1) is 12.1 Å². The first-order chi connectivity index (χ1) is 14.9. The molecule has 2 rings (SSSR count). The summed E-state index contributed by atoms with van der Waals surface area (Å²) in [6.07, 6.45) is 2.31. The number of unbranched alkanes of at least 4 members (excludes halogenated alkanes) is 2. The van der Waals surface area contributed by atoms with Crippen LogP contribution in [0.2, 0.25) is 0 Å². The quantitative estimate of drug-likeness (QED) is 0.0991. The lowest BCUT2D eigenvalue weighted by molar-refractivity contribution is -0.116. The molecular weight excluding hydrogens is 422 g/mol. The molecule has 2 aromatic carbocycles. The Morgan fingerprint density at radius 1 is 1.03 bits per heavy atom. The predicted molar refractivity (Wildman–Crippen MR) is 119 cm³/mol. The molecule has 2 amide bonds. The molecule has 0 aliphatic rings. The molecule has 0 heterocycles. The third-order valence-corrected chi connectivity index (χ3v) is 4.24. The number of hydrazine groups is 1. The Bertz CT molecular complexity index is 762. The van der Waals surface area contributed by atoms with Gasteiger partial charge in [0.25, 0.3) is 0 Å². The smallest absolute Gasteiger partial charge is 0.404 e. The minimum absolute atomic E-state index is 0.0403. The van der Waals surface area contributed by atoms with Gasteiger partial charge in [-0.25, -0.2) is 15.4 Å². The number of rotatable bonds is 11. The van der Waals surface area contributed by atoms with Crippen molar-refractivity contribution in [3.8, 4) is 5.75 Å². The molecule has 0 aromatic heterocycles. The zero-order valence-electron chi connectivity index (χ0n) is 17.1. The summed E-state index contributed by atoms with van der Waals surface area (Å²) >= 11 is 0.915. The van der Waals surface area contributed by atoms with Gasteiger partial charge in [0.15, 0.2) is 0 Å². The molecule has 2 aromatic rings. The molecule has 0 spiro atoms. The average molecular weight is 452 g/mol. The number of hydrogen-bond donors (Lipinski definition) is 6. The van der Waals surface area contributed by atoms with Crippen molar-refractivity contribution in [2.75, 3.05) is 11.9 Å². The minimum atomic E-state index is -0.742. The fraction of sp³-hybridized carbons (Fsp3) is 0.300. The Balaban J connectivity index is 0.000000367. The van der Waals surface area contributed by atoms with Crippen molar-refractivity contribution in [3.05, 3.63) is 60.2 Å². The first kappa shape index (κ1) is 26.2. The number of ether oxygens (including phenoxy) is 1. The molecule has 0 saturated carbocycles. The van der Waals surface area contributed by atoms with Gasteiger partial charge in [0, 0.05) is 18.7 Å². The van der Waals surface area contributed by atoms with E-state index in [2.05, 4.69) is 14.8 Å². The number of nitrogens with two attached hydrogens (primary N) is 2. The number of nitrogens with one attached hydrogen (secondary N) is 2. The van der Waals surface area contributed by atoms with Crippen LogP contribution in [0.5, 0.6) is 5.75 Å². The van der Waals surface area contributed by atoms with E-state index < -0.39 is 6.09 Å². The molecule has 170 valence electrons. The Hall–Kier alpha value is -2.83. The molecule has 0 radical (unpaired) electrons. The lowest BCUT2D eigenvalue weighted by Crippen LogP contribution is -2.24. The van der Waals surface area contributed by atoms with Crippen molar-refractivity contribution in [2.24, 2.45) is 11.6 Å². The number of hydrogen-bond acceptors (Lipinski definition) is 9. The monoisotopic (exact) mass is 451 g/mol. The van der Waals surface area contributed by atoms with Gasteiger partial charge in [-0.3, -0.25) is 10.0 Å². The number of aromatic hydroxyl groups is 1. The predicted octanol–water partition coefficient (Wildman–Crippen LogP) is 2.89. The molecular formula is C20H29N5O5S. The van der Waals surface area contributed by atoms with Crippen LogP contribution in [0, 0.1) is 0 Å². The van der Waals surface area contributed by atoms with Gasteiger partial charge >= 0.3 is 6.09 Å². The molecule has 0 aliphatic heterocycles. The second kappa shape index (κ2) is 15.9. The molecule has 10 nitrogen and oxygen atoms in total. The summed E-state index contributed by atoms with van der Waals surface area (Å²) in [4.78, 5) is 21.8. The van der Waals surface area contributed by atoms with E-state index in [0.29, 0.717) is 23.2 Å². The highest BCUT2D eigenvalue weighted by atomic mass is 32.2. The molecule has 11 heteroatoms. The van der Waals surface area contributed by atoms with Gasteiger partial charge in [0.1, 0.15) is 12.4 Å². The summed E-state index contributed by atoms with van der Waals surface area (Å²) in [6, 6.07) is 15.7. The number of nitrogens with zero attached hydrogens (tertiary/aromatic N) is 1. The third-order valence-electron chi connectivity index (χ3n) is 3.72. The Morgan fingerprint density at radius 3 is 2.32 bits per heavy atom. The fourth-order valence-electron chi connectivity index (χ4n) is 2.27. The SMILES string of the molecule is NC(=O)OCc1ccccc1.NN(O)SNCCCCCC(=O)Nc1ccc(O)cc1. The number of carbonyl (C=O) groups is 2. The van der Waals surface area contributed by atoms with Crippen molar-refractivity contribution in [2.45, 2.75) is 32.3 Å². The van der Waals surface area contributed by atoms with Crippen LogP contribution in [0.3, 0.4) is 0 Å². The van der Waals surface area contributed by atoms with Gasteiger partial charge < -0.3 is 20.9 Å². The highest BCUT2D eigenvalue weighted by Gasteiger charge is 2.02. The van der Waals surface area contributed by atoms with E-state index in [0.717, 1.165) is 37.0 Å². The second-order valence-corrected chi connectivity index (χ2v) is 7.13. The number of amides is 2. The van der Waals surface area contributed by atoms with Crippen LogP contribution in [-0.2, 0) is 16.1 Å². The third kappa shape index (κ3) is 14.7. The number of benzene rings is 2. The molecule has 0 unspecified atom stereocenters. The second-order valence-electron chi connectivity index (χ2n) is 6.29. The highest BCUT2D eigenvalue weighted by molar-refractivity contribution is 7.94. The van der Waals surface area contributed by atoms with Crippen LogP contribution in [0.4, 0.5) is 10.5 Å². The standard InChI is InChI=1S/C12H20N4O3S.C8H9NO2/c13-16(19)20-14-9-3-1-2-4-12(18)15-10-5-7-11(17)8-6-10;9-8(10)11-6-7-4-2-1-3-5-7/h5-8,14,17,19H,1-4,9,13H2,(H,15,18);1-5H,6H2,(H2,9,10). The van der Waals surface area contributed by atoms with E-state index in [9.17, 15) is 9.59 Å². The number of phenolic OH excluding ortho intramolecular Hbond substituents is 1. The zero-order chi connectivity index (χ0) is 22.9. The lowest BCUT2D eigenvalue weighted by Gasteiger charge is -2.07. The molecule has 8 N–H and O–H groups in total.